The predicted molar refractivity (Wildman–Crippen MR) is 94.0 cm³/mol. The number of rotatable bonds is 7. The number of aryl methyl sites for hydroxylation is 3. The lowest BCUT2D eigenvalue weighted by atomic mass is 10.0. The number of hydrogen-bond acceptors (Lipinski definition) is 7. The van der Waals surface area contributed by atoms with Crippen LogP contribution in [0, 0.1) is 43.4 Å². The molecule has 0 saturated carbocycles. The molecule has 0 radical (unpaired) electrons. The van der Waals surface area contributed by atoms with Crippen LogP contribution in [0.25, 0.3) is 5.65 Å². The van der Waals surface area contributed by atoms with Gasteiger partial charge in [-0.15, -0.1) is 0 Å². The SMILES string of the molecule is CC(=N)[C@@H](C#N)C(=O)COC(=O)CCc1c(C)nc2cc(C)nn2c1C. The highest BCUT2D eigenvalue weighted by atomic mass is 16.5. The van der Waals surface area contributed by atoms with Crippen LogP contribution in [0.2, 0.25) is 0 Å². The van der Waals surface area contributed by atoms with Crippen LogP contribution in [-0.2, 0) is 20.7 Å². The second-order valence-corrected chi connectivity index (χ2v) is 6.19. The zero-order valence-corrected chi connectivity index (χ0v) is 15.3. The highest BCUT2D eigenvalue weighted by Gasteiger charge is 2.21. The summed E-state index contributed by atoms with van der Waals surface area (Å²) in [7, 11) is 0. The van der Waals surface area contributed by atoms with Gasteiger partial charge in [-0.1, -0.05) is 0 Å². The van der Waals surface area contributed by atoms with Crippen LogP contribution < -0.4 is 0 Å². The van der Waals surface area contributed by atoms with E-state index in [9.17, 15) is 9.59 Å². The Morgan fingerprint density at radius 2 is 2.08 bits per heavy atom. The summed E-state index contributed by atoms with van der Waals surface area (Å²) in [5.74, 6) is -2.29. The van der Waals surface area contributed by atoms with Crippen LogP contribution in [0.3, 0.4) is 0 Å². The Hall–Kier alpha value is -3.08. The molecule has 2 rings (SSSR count). The molecule has 0 unspecified atom stereocenters. The van der Waals surface area contributed by atoms with E-state index in [-0.39, 0.29) is 12.1 Å². The van der Waals surface area contributed by atoms with Crippen molar-refractivity contribution in [3.8, 4) is 6.07 Å². The molecule has 1 atom stereocenters. The molecule has 136 valence electrons. The fourth-order valence-corrected chi connectivity index (χ4v) is 2.75. The molecule has 8 nitrogen and oxygen atoms in total. The summed E-state index contributed by atoms with van der Waals surface area (Å²) >= 11 is 0. The van der Waals surface area contributed by atoms with Gasteiger partial charge in [0.05, 0.1) is 11.8 Å². The third-order valence-corrected chi connectivity index (χ3v) is 4.12. The van der Waals surface area contributed by atoms with Crippen molar-refractivity contribution >= 4 is 23.1 Å². The van der Waals surface area contributed by atoms with E-state index in [2.05, 4.69) is 10.1 Å². The second-order valence-electron chi connectivity index (χ2n) is 6.19. The van der Waals surface area contributed by atoms with Gasteiger partial charge < -0.3 is 10.1 Å². The second kappa shape index (κ2) is 7.87. The molecule has 0 aliphatic carbocycles. The van der Waals surface area contributed by atoms with Gasteiger partial charge in [-0.25, -0.2) is 9.50 Å². The first-order chi connectivity index (χ1) is 12.2. The Morgan fingerprint density at radius 3 is 2.69 bits per heavy atom. The zero-order chi connectivity index (χ0) is 19.4. The van der Waals surface area contributed by atoms with Crippen molar-refractivity contribution in [2.45, 2.75) is 40.5 Å². The number of nitrogens with zero attached hydrogens (tertiary/aromatic N) is 4. The topological polar surface area (TPSA) is 121 Å². The summed E-state index contributed by atoms with van der Waals surface area (Å²) in [6, 6.07) is 3.62. The lowest BCUT2D eigenvalue weighted by Gasteiger charge is -2.11. The molecule has 0 amide bonds. The molecule has 26 heavy (non-hydrogen) atoms. The Labute approximate surface area is 151 Å². The normalized spacial score (nSPS) is 11.8. The van der Waals surface area contributed by atoms with Crippen molar-refractivity contribution < 1.29 is 14.3 Å². The highest BCUT2D eigenvalue weighted by molar-refractivity contribution is 6.05. The highest BCUT2D eigenvalue weighted by Crippen LogP contribution is 2.17. The minimum Gasteiger partial charge on any atom is -0.458 e. The smallest absolute Gasteiger partial charge is 0.306 e. The number of aromatic nitrogens is 3. The van der Waals surface area contributed by atoms with E-state index in [1.807, 2.05) is 26.8 Å². The number of Topliss-reactive ketones (excluding diaryl/α,β-unsaturated/α-hetero) is 1. The number of carbonyl (C=O) groups is 2. The van der Waals surface area contributed by atoms with Crippen molar-refractivity contribution in [3.05, 3.63) is 28.7 Å². The van der Waals surface area contributed by atoms with Crippen LogP contribution >= 0.6 is 0 Å². The fraction of sp³-hybridized carbons (Fsp3) is 0.444. The first-order valence-corrected chi connectivity index (χ1v) is 8.20. The Kier molecular flexibility index (Phi) is 5.82. The molecule has 0 aromatic carbocycles. The maximum absolute atomic E-state index is 11.9. The van der Waals surface area contributed by atoms with Gasteiger partial charge in [0.25, 0.3) is 0 Å². The van der Waals surface area contributed by atoms with E-state index in [0.29, 0.717) is 6.42 Å². The molecule has 1 N–H and O–H groups in total. The van der Waals surface area contributed by atoms with Gasteiger partial charge in [0.15, 0.2) is 18.0 Å². The van der Waals surface area contributed by atoms with Gasteiger partial charge in [-0.05, 0) is 39.7 Å². The molecule has 0 bridgehead atoms. The molecule has 0 aliphatic rings. The minimum atomic E-state index is -1.16. The zero-order valence-electron chi connectivity index (χ0n) is 15.3. The number of hydrogen-bond donors (Lipinski definition) is 1. The van der Waals surface area contributed by atoms with Gasteiger partial charge in [0, 0.05) is 29.6 Å². The van der Waals surface area contributed by atoms with Crippen molar-refractivity contribution in [3.63, 3.8) is 0 Å². The van der Waals surface area contributed by atoms with Crippen LogP contribution in [0.4, 0.5) is 0 Å². The Morgan fingerprint density at radius 1 is 1.38 bits per heavy atom. The van der Waals surface area contributed by atoms with E-state index in [1.165, 1.54) is 6.92 Å². The molecule has 2 aromatic rings. The number of nitriles is 1. The molecular formula is C18H21N5O3. The molecule has 0 fully saturated rings. The van der Waals surface area contributed by atoms with E-state index in [0.717, 1.165) is 28.3 Å². The number of nitrogens with one attached hydrogen (secondary N) is 1. The maximum atomic E-state index is 11.9. The monoisotopic (exact) mass is 355 g/mol. The van der Waals surface area contributed by atoms with Gasteiger partial charge in [-0.3, -0.25) is 9.59 Å². The average Bonchev–Trinajstić information content (AvgIpc) is 2.93. The van der Waals surface area contributed by atoms with E-state index in [1.54, 1.807) is 10.6 Å². The molecule has 0 aliphatic heterocycles. The van der Waals surface area contributed by atoms with Crippen molar-refractivity contribution in [2.24, 2.45) is 5.92 Å². The molecule has 2 heterocycles. The maximum Gasteiger partial charge on any atom is 0.306 e. The van der Waals surface area contributed by atoms with Gasteiger partial charge in [0.1, 0.15) is 5.92 Å². The summed E-state index contributed by atoms with van der Waals surface area (Å²) < 4.78 is 6.70. The summed E-state index contributed by atoms with van der Waals surface area (Å²) in [6.45, 7) is 6.56. The first kappa shape index (κ1) is 19.2. The summed E-state index contributed by atoms with van der Waals surface area (Å²) in [5, 5.41) is 20.6. The first-order valence-electron chi connectivity index (χ1n) is 8.20. The average molecular weight is 355 g/mol. The number of fused-ring (bicyclic) bond motifs is 1. The summed E-state index contributed by atoms with van der Waals surface area (Å²) in [6.07, 6.45) is 0.501. The lowest BCUT2D eigenvalue weighted by Crippen LogP contribution is -2.25. The quantitative estimate of drug-likeness (QED) is 0.598. The Bertz CT molecular complexity index is 923. The van der Waals surface area contributed by atoms with Gasteiger partial charge >= 0.3 is 5.97 Å². The molecule has 2 aromatic heterocycles. The van der Waals surface area contributed by atoms with Crippen LogP contribution in [-0.4, -0.2) is 38.7 Å². The minimum absolute atomic E-state index is 0.0614. The van der Waals surface area contributed by atoms with E-state index >= 15 is 0 Å². The number of esters is 1. The van der Waals surface area contributed by atoms with Crippen molar-refractivity contribution in [1.82, 2.24) is 14.6 Å². The molecule has 0 saturated heterocycles. The molecule has 8 heteroatoms. The number of ether oxygens (including phenoxy) is 1. The van der Waals surface area contributed by atoms with Gasteiger partial charge in [0.2, 0.25) is 0 Å². The summed E-state index contributed by atoms with van der Waals surface area (Å²) in [4.78, 5) is 28.2. The molecular weight excluding hydrogens is 334 g/mol. The van der Waals surface area contributed by atoms with Crippen molar-refractivity contribution in [2.75, 3.05) is 6.61 Å². The number of carbonyl (C=O) groups excluding carboxylic acids is 2. The Balaban J connectivity index is 2.00. The third-order valence-electron chi connectivity index (χ3n) is 4.12. The lowest BCUT2D eigenvalue weighted by molar-refractivity contribution is -0.148. The summed E-state index contributed by atoms with van der Waals surface area (Å²) in [5.41, 5.74) is 4.21. The predicted octanol–water partition coefficient (Wildman–Crippen LogP) is 1.88. The number of ketones is 1. The van der Waals surface area contributed by atoms with Crippen LogP contribution in [0.15, 0.2) is 6.07 Å². The largest absolute Gasteiger partial charge is 0.458 e. The van der Waals surface area contributed by atoms with E-state index < -0.39 is 24.3 Å². The van der Waals surface area contributed by atoms with E-state index in [4.69, 9.17) is 15.4 Å². The standard InChI is InChI=1S/C18H21N5O3/c1-10-7-17-21-12(3)14(13(4)23(17)22-10)5-6-18(25)26-9-16(24)15(8-19)11(2)20/h7,15,20H,5-6,9H2,1-4H3/t15-/m1/s1. The van der Waals surface area contributed by atoms with Crippen LogP contribution in [0.5, 0.6) is 0 Å². The van der Waals surface area contributed by atoms with Crippen molar-refractivity contribution in [1.29, 1.82) is 10.7 Å². The van der Waals surface area contributed by atoms with Gasteiger partial charge in [-0.2, -0.15) is 10.4 Å². The molecule has 0 spiro atoms. The van der Waals surface area contributed by atoms with Crippen LogP contribution in [0.1, 0.15) is 36.0 Å². The third kappa shape index (κ3) is 4.11. The fourth-order valence-electron chi connectivity index (χ4n) is 2.75.